The predicted octanol–water partition coefficient (Wildman–Crippen LogP) is 1.47. The molecule has 0 aromatic carbocycles. The molecular weight excluding hydrogens is 188 g/mol. The lowest BCUT2D eigenvalue weighted by Crippen LogP contribution is -2.54. The molecule has 0 aromatic rings. The van der Waals surface area contributed by atoms with Gasteiger partial charge in [-0.1, -0.05) is 6.92 Å². The minimum Gasteiger partial charge on any atom is -0.383 e. The van der Waals surface area contributed by atoms with Gasteiger partial charge in [-0.15, -0.1) is 0 Å². The highest BCUT2D eigenvalue weighted by atomic mass is 16.5. The first kappa shape index (κ1) is 12.9. The zero-order valence-corrected chi connectivity index (χ0v) is 10.5. The Balaban J connectivity index is 2.51. The molecule has 0 bridgehead atoms. The molecule has 0 radical (unpaired) electrons. The predicted molar refractivity (Wildman–Crippen MR) is 63.9 cm³/mol. The Kier molecular flexibility index (Phi) is 5.03. The van der Waals surface area contributed by atoms with Crippen LogP contribution in [0.5, 0.6) is 0 Å². The molecular formula is C12H26N2O. The van der Waals surface area contributed by atoms with Crippen LogP contribution in [0.3, 0.4) is 0 Å². The van der Waals surface area contributed by atoms with Gasteiger partial charge in [0.2, 0.25) is 0 Å². The molecule has 1 aliphatic carbocycles. The summed E-state index contributed by atoms with van der Waals surface area (Å²) >= 11 is 0. The lowest BCUT2D eigenvalue weighted by atomic mass is 9.76. The molecule has 0 amide bonds. The highest BCUT2D eigenvalue weighted by Crippen LogP contribution is 2.34. The largest absolute Gasteiger partial charge is 0.383 e. The number of likely N-dealkylation sites (N-methyl/N-ethyl adjacent to an activating group) is 1. The summed E-state index contributed by atoms with van der Waals surface area (Å²) in [7, 11) is 3.94. The van der Waals surface area contributed by atoms with E-state index in [4.69, 9.17) is 10.5 Å². The van der Waals surface area contributed by atoms with E-state index in [1.165, 1.54) is 25.7 Å². The SMILES string of the molecule is COCCN(C)C1(CN)CCC(C)CC1. The Bertz CT molecular complexity index is 176. The van der Waals surface area contributed by atoms with Gasteiger partial charge in [-0.25, -0.2) is 0 Å². The van der Waals surface area contributed by atoms with Gasteiger partial charge in [-0.3, -0.25) is 4.90 Å². The molecule has 1 rings (SSSR count). The minimum atomic E-state index is 0.241. The van der Waals surface area contributed by atoms with Gasteiger partial charge in [0.1, 0.15) is 0 Å². The maximum absolute atomic E-state index is 5.97. The topological polar surface area (TPSA) is 38.5 Å². The van der Waals surface area contributed by atoms with Crippen molar-refractivity contribution in [2.75, 3.05) is 33.9 Å². The van der Waals surface area contributed by atoms with E-state index in [2.05, 4.69) is 18.9 Å². The quantitative estimate of drug-likeness (QED) is 0.753. The van der Waals surface area contributed by atoms with Crippen molar-refractivity contribution in [2.24, 2.45) is 11.7 Å². The lowest BCUT2D eigenvalue weighted by molar-refractivity contribution is 0.0450. The van der Waals surface area contributed by atoms with Crippen LogP contribution in [0, 0.1) is 5.92 Å². The van der Waals surface area contributed by atoms with Crippen LogP contribution < -0.4 is 5.73 Å². The van der Waals surface area contributed by atoms with Crippen molar-refractivity contribution in [3.63, 3.8) is 0 Å². The summed E-state index contributed by atoms with van der Waals surface area (Å²) in [5, 5.41) is 0. The van der Waals surface area contributed by atoms with Gasteiger partial charge in [0.25, 0.3) is 0 Å². The van der Waals surface area contributed by atoms with Crippen molar-refractivity contribution in [3.05, 3.63) is 0 Å². The summed E-state index contributed by atoms with van der Waals surface area (Å²) in [4.78, 5) is 2.41. The van der Waals surface area contributed by atoms with Crippen LogP contribution in [0.25, 0.3) is 0 Å². The third kappa shape index (κ3) is 3.16. The summed E-state index contributed by atoms with van der Waals surface area (Å²) in [6, 6.07) is 0. The van der Waals surface area contributed by atoms with Crippen LogP contribution >= 0.6 is 0 Å². The van der Waals surface area contributed by atoms with Crippen LogP contribution in [-0.4, -0.2) is 44.3 Å². The molecule has 1 aliphatic rings. The van der Waals surface area contributed by atoms with E-state index < -0.39 is 0 Å². The van der Waals surface area contributed by atoms with Crippen molar-refractivity contribution in [2.45, 2.75) is 38.1 Å². The van der Waals surface area contributed by atoms with Crippen molar-refractivity contribution in [3.8, 4) is 0 Å². The summed E-state index contributed by atoms with van der Waals surface area (Å²) in [6.07, 6.45) is 5.11. The molecule has 0 aliphatic heterocycles. The van der Waals surface area contributed by atoms with E-state index in [0.717, 1.165) is 25.6 Å². The number of rotatable bonds is 5. The highest BCUT2D eigenvalue weighted by Gasteiger charge is 2.36. The lowest BCUT2D eigenvalue weighted by Gasteiger charge is -2.45. The number of nitrogens with zero attached hydrogens (tertiary/aromatic N) is 1. The van der Waals surface area contributed by atoms with E-state index in [-0.39, 0.29) is 5.54 Å². The second kappa shape index (κ2) is 5.83. The molecule has 0 saturated heterocycles. The first-order valence-corrected chi connectivity index (χ1v) is 6.05. The zero-order chi connectivity index (χ0) is 11.3. The van der Waals surface area contributed by atoms with Crippen LogP contribution in [0.1, 0.15) is 32.6 Å². The van der Waals surface area contributed by atoms with Crippen molar-refractivity contribution >= 4 is 0 Å². The summed E-state index contributed by atoms with van der Waals surface area (Å²) in [5.74, 6) is 0.875. The number of methoxy groups -OCH3 is 1. The highest BCUT2D eigenvalue weighted by molar-refractivity contribution is 4.94. The Morgan fingerprint density at radius 1 is 1.40 bits per heavy atom. The van der Waals surface area contributed by atoms with E-state index in [9.17, 15) is 0 Å². The first-order chi connectivity index (χ1) is 7.14. The van der Waals surface area contributed by atoms with Crippen LogP contribution in [0.4, 0.5) is 0 Å². The molecule has 3 heteroatoms. The Morgan fingerprint density at radius 2 is 2.00 bits per heavy atom. The Labute approximate surface area is 94.0 Å². The molecule has 0 spiro atoms. The smallest absolute Gasteiger partial charge is 0.0589 e. The van der Waals surface area contributed by atoms with Crippen molar-refractivity contribution < 1.29 is 4.74 Å². The number of hydrogen-bond donors (Lipinski definition) is 1. The summed E-state index contributed by atoms with van der Waals surface area (Å²) in [6.45, 7) is 4.91. The van der Waals surface area contributed by atoms with Gasteiger partial charge in [0.05, 0.1) is 6.61 Å². The number of hydrogen-bond acceptors (Lipinski definition) is 3. The van der Waals surface area contributed by atoms with Crippen LogP contribution in [-0.2, 0) is 4.74 Å². The molecule has 3 nitrogen and oxygen atoms in total. The zero-order valence-electron chi connectivity index (χ0n) is 10.5. The van der Waals surface area contributed by atoms with Crippen molar-refractivity contribution in [1.82, 2.24) is 4.90 Å². The van der Waals surface area contributed by atoms with Gasteiger partial charge in [0, 0.05) is 25.7 Å². The van der Waals surface area contributed by atoms with Crippen LogP contribution in [0.2, 0.25) is 0 Å². The molecule has 15 heavy (non-hydrogen) atoms. The van der Waals surface area contributed by atoms with Gasteiger partial charge in [-0.2, -0.15) is 0 Å². The average molecular weight is 214 g/mol. The molecule has 90 valence electrons. The number of nitrogens with two attached hydrogens (primary N) is 1. The van der Waals surface area contributed by atoms with Crippen LogP contribution in [0.15, 0.2) is 0 Å². The fraction of sp³-hybridized carbons (Fsp3) is 1.00. The third-order valence-corrected chi connectivity index (χ3v) is 4.03. The fourth-order valence-corrected chi connectivity index (χ4v) is 2.51. The van der Waals surface area contributed by atoms with Gasteiger partial charge < -0.3 is 10.5 Å². The maximum atomic E-state index is 5.97. The van der Waals surface area contributed by atoms with E-state index in [1.807, 2.05) is 0 Å². The van der Waals surface area contributed by atoms with E-state index in [1.54, 1.807) is 7.11 Å². The molecule has 2 N–H and O–H groups in total. The molecule has 1 fully saturated rings. The summed E-state index contributed by atoms with van der Waals surface area (Å²) < 4.78 is 5.13. The molecule has 0 atom stereocenters. The summed E-state index contributed by atoms with van der Waals surface area (Å²) in [5.41, 5.74) is 6.21. The van der Waals surface area contributed by atoms with E-state index >= 15 is 0 Å². The first-order valence-electron chi connectivity index (χ1n) is 6.05. The third-order valence-electron chi connectivity index (χ3n) is 4.03. The van der Waals surface area contributed by atoms with Crippen molar-refractivity contribution in [1.29, 1.82) is 0 Å². The molecule has 0 heterocycles. The monoisotopic (exact) mass is 214 g/mol. The number of ether oxygens (including phenoxy) is 1. The van der Waals surface area contributed by atoms with E-state index in [0.29, 0.717) is 0 Å². The second-order valence-electron chi connectivity index (χ2n) is 5.03. The normalized spacial score (nSPS) is 32.2. The fourth-order valence-electron chi connectivity index (χ4n) is 2.51. The molecule has 0 aromatic heterocycles. The molecule has 0 unspecified atom stereocenters. The standard InChI is InChI=1S/C12H26N2O/c1-11-4-6-12(10-13,7-5-11)14(2)8-9-15-3/h11H,4-10,13H2,1-3H3. The average Bonchev–Trinajstić information content (AvgIpc) is 2.27. The maximum Gasteiger partial charge on any atom is 0.0589 e. The molecule has 1 saturated carbocycles. The van der Waals surface area contributed by atoms with Gasteiger partial charge in [-0.05, 0) is 38.6 Å². The minimum absolute atomic E-state index is 0.241. The van der Waals surface area contributed by atoms with Gasteiger partial charge in [0.15, 0.2) is 0 Å². The Morgan fingerprint density at radius 3 is 2.47 bits per heavy atom. The van der Waals surface area contributed by atoms with Gasteiger partial charge >= 0.3 is 0 Å². The second-order valence-corrected chi connectivity index (χ2v) is 5.03. The Hall–Kier alpha value is -0.120.